The number of benzene rings is 1. The first-order valence-corrected chi connectivity index (χ1v) is 11.2. The summed E-state index contributed by atoms with van der Waals surface area (Å²) in [4.78, 5) is 20.6. The number of hydrogen-bond donors (Lipinski definition) is 2. The van der Waals surface area contributed by atoms with Crippen LogP contribution in [-0.2, 0) is 14.8 Å². The molecule has 164 valence electrons. The Labute approximate surface area is 175 Å². The van der Waals surface area contributed by atoms with E-state index in [1.54, 1.807) is 0 Å². The molecule has 13 heteroatoms. The maximum absolute atomic E-state index is 13.7. The Morgan fingerprint density at radius 3 is 2.71 bits per heavy atom. The molecule has 1 aromatic carbocycles. The predicted octanol–water partition coefficient (Wildman–Crippen LogP) is 2.03. The third kappa shape index (κ3) is 4.61. The number of piperidine rings is 1. The molecule has 1 aliphatic heterocycles. The molecule has 1 amide bonds. The van der Waals surface area contributed by atoms with Crippen LogP contribution in [0.2, 0.25) is 0 Å². The lowest BCUT2D eigenvalue weighted by atomic mass is 9.97. The maximum Gasteiger partial charge on any atom is 0.324 e. The summed E-state index contributed by atoms with van der Waals surface area (Å²) in [6.07, 6.45) is 3.30. The van der Waals surface area contributed by atoms with E-state index in [1.165, 1.54) is 10.5 Å². The van der Waals surface area contributed by atoms with Crippen molar-refractivity contribution in [3.8, 4) is 11.8 Å². The highest BCUT2D eigenvalue weighted by Crippen LogP contribution is 2.26. The SMILES string of the molecule is CS(=O)(=O)N1CCC(C(=O)Nc2n[nH]c3nc(Oc4ccc(F)cc4F)ncc23)CC1. The van der Waals surface area contributed by atoms with Crippen molar-refractivity contribution in [3.05, 3.63) is 36.0 Å². The summed E-state index contributed by atoms with van der Waals surface area (Å²) >= 11 is 0. The van der Waals surface area contributed by atoms with Gasteiger partial charge in [-0.25, -0.2) is 26.5 Å². The maximum atomic E-state index is 13.7. The quantitative estimate of drug-likeness (QED) is 0.606. The number of aromatic amines is 1. The van der Waals surface area contributed by atoms with Gasteiger partial charge in [-0.1, -0.05) is 0 Å². The first-order valence-electron chi connectivity index (χ1n) is 9.31. The monoisotopic (exact) mass is 452 g/mol. The fraction of sp³-hybridized carbons (Fsp3) is 0.333. The molecule has 1 aliphatic rings. The van der Waals surface area contributed by atoms with Crippen molar-refractivity contribution in [1.82, 2.24) is 24.5 Å². The van der Waals surface area contributed by atoms with Crippen molar-refractivity contribution in [2.24, 2.45) is 5.92 Å². The molecule has 3 aromatic rings. The smallest absolute Gasteiger partial charge is 0.324 e. The number of amides is 1. The summed E-state index contributed by atoms with van der Waals surface area (Å²) in [5.74, 6) is -2.30. The highest BCUT2D eigenvalue weighted by molar-refractivity contribution is 7.88. The molecule has 0 radical (unpaired) electrons. The first-order chi connectivity index (χ1) is 14.7. The number of carbonyl (C=O) groups is 1. The van der Waals surface area contributed by atoms with Crippen molar-refractivity contribution >= 4 is 32.8 Å². The molecule has 0 atom stereocenters. The molecule has 10 nitrogen and oxygen atoms in total. The van der Waals surface area contributed by atoms with Crippen LogP contribution >= 0.6 is 0 Å². The average molecular weight is 452 g/mol. The lowest BCUT2D eigenvalue weighted by Crippen LogP contribution is -2.40. The van der Waals surface area contributed by atoms with E-state index in [0.29, 0.717) is 24.3 Å². The molecule has 3 heterocycles. The molecule has 4 rings (SSSR count). The topological polar surface area (TPSA) is 130 Å². The summed E-state index contributed by atoms with van der Waals surface area (Å²) in [5.41, 5.74) is 0.245. The van der Waals surface area contributed by atoms with E-state index < -0.39 is 21.7 Å². The third-order valence-electron chi connectivity index (χ3n) is 4.93. The van der Waals surface area contributed by atoms with Gasteiger partial charge in [0.1, 0.15) is 5.82 Å². The van der Waals surface area contributed by atoms with Crippen molar-refractivity contribution in [2.45, 2.75) is 12.8 Å². The number of carbonyl (C=O) groups excluding carboxylic acids is 1. The Hall–Kier alpha value is -3.19. The second-order valence-electron chi connectivity index (χ2n) is 7.09. The molecule has 31 heavy (non-hydrogen) atoms. The fourth-order valence-electron chi connectivity index (χ4n) is 3.26. The zero-order valence-corrected chi connectivity index (χ0v) is 17.1. The van der Waals surface area contributed by atoms with E-state index in [4.69, 9.17) is 4.74 Å². The van der Waals surface area contributed by atoms with Gasteiger partial charge >= 0.3 is 6.01 Å². The molecule has 0 saturated carbocycles. The second-order valence-corrected chi connectivity index (χ2v) is 9.07. The van der Waals surface area contributed by atoms with Crippen LogP contribution in [0.4, 0.5) is 14.6 Å². The fourth-order valence-corrected chi connectivity index (χ4v) is 4.14. The van der Waals surface area contributed by atoms with E-state index in [-0.39, 0.29) is 48.1 Å². The summed E-state index contributed by atoms with van der Waals surface area (Å²) in [6.45, 7) is 0.560. The molecular weight excluding hydrogens is 434 g/mol. The average Bonchev–Trinajstić information content (AvgIpc) is 3.11. The number of nitrogens with one attached hydrogen (secondary N) is 2. The van der Waals surface area contributed by atoms with E-state index in [2.05, 4.69) is 25.5 Å². The first kappa shape index (κ1) is 21.1. The Balaban J connectivity index is 1.44. The zero-order valence-electron chi connectivity index (χ0n) is 16.3. The predicted molar refractivity (Wildman–Crippen MR) is 106 cm³/mol. The van der Waals surface area contributed by atoms with Crippen LogP contribution in [-0.4, -0.2) is 58.1 Å². The molecule has 0 spiro atoms. The van der Waals surface area contributed by atoms with Crippen LogP contribution in [0.15, 0.2) is 24.4 Å². The van der Waals surface area contributed by atoms with E-state index in [0.717, 1.165) is 18.4 Å². The van der Waals surface area contributed by atoms with Gasteiger partial charge in [-0.3, -0.25) is 9.89 Å². The number of anilines is 1. The van der Waals surface area contributed by atoms with Crippen molar-refractivity contribution in [3.63, 3.8) is 0 Å². The zero-order chi connectivity index (χ0) is 22.2. The lowest BCUT2D eigenvalue weighted by Gasteiger charge is -2.29. The Bertz CT molecular complexity index is 1240. The van der Waals surface area contributed by atoms with Crippen molar-refractivity contribution < 1.29 is 26.7 Å². The van der Waals surface area contributed by atoms with Gasteiger partial charge in [0.2, 0.25) is 15.9 Å². The van der Waals surface area contributed by atoms with E-state index in [9.17, 15) is 22.0 Å². The Kier molecular flexibility index (Phi) is 5.54. The minimum absolute atomic E-state index is 0.187. The van der Waals surface area contributed by atoms with Gasteiger partial charge in [0, 0.05) is 31.3 Å². The van der Waals surface area contributed by atoms with Crippen LogP contribution < -0.4 is 10.1 Å². The van der Waals surface area contributed by atoms with Crippen LogP contribution in [0.5, 0.6) is 11.8 Å². The van der Waals surface area contributed by atoms with E-state index in [1.807, 2.05) is 0 Å². The lowest BCUT2D eigenvalue weighted by molar-refractivity contribution is -0.120. The van der Waals surface area contributed by atoms with Crippen molar-refractivity contribution in [2.75, 3.05) is 24.7 Å². The van der Waals surface area contributed by atoms with Gasteiger partial charge in [-0.05, 0) is 25.0 Å². The van der Waals surface area contributed by atoms with Gasteiger partial charge in [-0.2, -0.15) is 10.1 Å². The number of H-pyrrole nitrogens is 1. The molecule has 2 N–H and O–H groups in total. The van der Waals surface area contributed by atoms with E-state index >= 15 is 0 Å². The standard InChI is InChI=1S/C18H18F2N6O4S/c1-31(28,29)26-6-4-10(5-7-26)17(27)22-15-12-9-21-18(23-16(12)25-24-15)30-14-3-2-11(19)8-13(14)20/h2-3,8-10H,4-7H2,1H3,(H2,21,22,23,24,25,27). The highest BCUT2D eigenvalue weighted by Gasteiger charge is 2.29. The number of halogens is 2. The number of sulfonamides is 1. The van der Waals surface area contributed by atoms with Gasteiger partial charge in [0.05, 0.1) is 11.6 Å². The Morgan fingerprint density at radius 1 is 1.29 bits per heavy atom. The molecule has 1 saturated heterocycles. The minimum Gasteiger partial charge on any atom is -0.421 e. The largest absolute Gasteiger partial charge is 0.421 e. The summed E-state index contributed by atoms with van der Waals surface area (Å²) in [7, 11) is -3.27. The summed E-state index contributed by atoms with van der Waals surface area (Å²) < 4.78 is 56.5. The van der Waals surface area contributed by atoms with Gasteiger partial charge in [0.15, 0.2) is 23.0 Å². The third-order valence-corrected chi connectivity index (χ3v) is 6.23. The van der Waals surface area contributed by atoms with Gasteiger partial charge in [0.25, 0.3) is 0 Å². The van der Waals surface area contributed by atoms with Crippen LogP contribution in [0, 0.1) is 17.6 Å². The minimum atomic E-state index is -3.27. The summed E-state index contributed by atoms with van der Waals surface area (Å²) in [5, 5.41) is 9.76. The molecule has 0 aliphatic carbocycles. The van der Waals surface area contributed by atoms with Crippen LogP contribution in [0.25, 0.3) is 11.0 Å². The highest BCUT2D eigenvalue weighted by atomic mass is 32.2. The number of nitrogens with zero attached hydrogens (tertiary/aromatic N) is 4. The van der Waals surface area contributed by atoms with Gasteiger partial charge < -0.3 is 10.1 Å². The van der Waals surface area contributed by atoms with Crippen LogP contribution in [0.3, 0.4) is 0 Å². The summed E-state index contributed by atoms with van der Waals surface area (Å²) in [6, 6.07) is 2.65. The Morgan fingerprint density at radius 2 is 2.03 bits per heavy atom. The number of hydrogen-bond acceptors (Lipinski definition) is 7. The molecular formula is C18H18F2N6O4S. The molecule has 0 bridgehead atoms. The van der Waals surface area contributed by atoms with Crippen molar-refractivity contribution in [1.29, 1.82) is 0 Å². The number of fused-ring (bicyclic) bond motifs is 1. The number of ether oxygens (including phenoxy) is 1. The van der Waals surface area contributed by atoms with Gasteiger partial charge in [-0.15, -0.1) is 0 Å². The molecule has 2 aromatic heterocycles. The van der Waals surface area contributed by atoms with Crippen LogP contribution in [0.1, 0.15) is 12.8 Å². The second kappa shape index (κ2) is 8.15. The molecule has 1 fully saturated rings. The number of aromatic nitrogens is 4. The number of rotatable bonds is 5. The normalized spacial score (nSPS) is 15.8. The molecule has 0 unspecified atom stereocenters.